The van der Waals surface area contributed by atoms with Gasteiger partial charge in [-0.05, 0) is 51.2 Å². The third-order valence-electron chi connectivity index (χ3n) is 4.34. The van der Waals surface area contributed by atoms with Crippen LogP contribution in [0.1, 0.15) is 45.1 Å². The van der Waals surface area contributed by atoms with Crippen LogP contribution in [0.25, 0.3) is 10.9 Å². The summed E-state index contributed by atoms with van der Waals surface area (Å²) in [6.07, 6.45) is 4.16. The van der Waals surface area contributed by atoms with E-state index in [9.17, 15) is 4.79 Å². The highest BCUT2D eigenvalue weighted by Gasteiger charge is 2.29. The lowest BCUT2D eigenvalue weighted by molar-refractivity contribution is -0.204. The van der Waals surface area contributed by atoms with Crippen LogP contribution in [0.15, 0.2) is 30.5 Å². The number of para-hydroxylation sites is 1. The summed E-state index contributed by atoms with van der Waals surface area (Å²) < 4.78 is 0. The van der Waals surface area contributed by atoms with Gasteiger partial charge in [-0.1, -0.05) is 18.2 Å². The molecule has 1 aromatic carbocycles. The summed E-state index contributed by atoms with van der Waals surface area (Å²) in [4.78, 5) is 20.8. The summed E-state index contributed by atoms with van der Waals surface area (Å²) in [5.74, 6) is 0.374. The zero-order valence-electron chi connectivity index (χ0n) is 13.6. The van der Waals surface area contributed by atoms with Gasteiger partial charge in [-0.2, -0.15) is 0 Å². The highest BCUT2D eigenvalue weighted by atomic mass is 16.7. The highest BCUT2D eigenvalue weighted by Crippen LogP contribution is 2.33. The fourth-order valence-electron chi connectivity index (χ4n) is 2.94. The molecule has 0 spiro atoms. The molecule has 22 heavy (non-hydrogen) atoms. The maximum atomic E-state index is 11.9. The average molecular weight is 300 g/mol. The summed E-state index contributed by atoms with van der Waals surface area (Å²) in [6, 6.07) is 8.42. The second kappa shape index (κ2) is 5.76. The molecule has 0 aliphatic carbocycles. The molecule has 1 aliphatic heterocycles. The number of hydrogen-bond donors (Lipinski definition) is 1. The molecule has 1 aromatic heterocycles. The summed E-state index contributed by atoms with van der Waals surface area (Å²) in [6.45, 7) is 7.24. The number of carbonyl (C=O) groups is 1. The van der Waals surface area contributed by atoms with Crippen molar-refractivity contribution < 1.29 is 9.63 Å². The minimum atomic E-state index is -0.451. The van der Waals surface area contributed by atoms with Crippen LogP contribution in [0.3, 0.4) is 0 Å². The fraction of sp³-hybridized carbons (Fsp3) is 0.500. The minimum absolute atomic E-state index is 0.155. The van der Waals surface area contributed by atoms with Gasteiger partial charge in [0.2, 0.25) is 0 Å². The van der Waals surface area contributed by atoms with Crippen LogP contribution in [0, 0.1) is 5.41 Å². The first kappa shape index (κ1) is 15.1. The molecule has 0 amide bonds. The maximum Gasteiger partial charge on any atom is 0.330 e. The average Bonchev–Trinajstić information content (AvgIpc) is 2.91. The van der Waals surface area contributed by atoms with Crippen LogP contribution >= 0.6 is 0 Å². The number of hydroxylamine groups is 2. The molecule has 3 rings (SSSR count). The predicted octanol–water partition coefficient (Wildman–Crippen LogP) is 3.85. The first-order valence-electron chi connectivity index (χ1n) is 7.98. The summed E-state index contributed by atoms with van der Waals surface area (Å²) >= 11 is 0. The van der Waals surface area contributed by atoms with E-state index in [1.165, 1.54) is 16.5 Å². The third-order valence-corrected chi connectivity index (χ3v) is 4.34. The Morgan fingerprint density at radius 1 is 1.23 bits per heavy atom. The number of nitrogens with zero attached hydrogens (tertiary/aromatic N) is 1. The topological polar surface area (TPSA) is 45.3 Å². The van der Waals surface area contributed by atoms with E-state index in [1.54, 1.807) is 0 Å². The Morgan fingerprint density at radius 2 is 1.91 bits per heavy atom. The molecule has 1 fully saturated rings. The number of H-pyrrole nitrogens is 1. The summed E-state index contributed by atoms with van der Waals surface area (Å²) in [5.41, 5.74) is 2.13. The van der Waals surface area contributed by atoms with Gasteiger partial charge >= 0.3 is 5.97 Å². The molecular formula is C18H24N2O2. The highest BCUT2D eigenvalue weighted by molar-refractivity contribution is 5.83. The Balaban J connectivity index is 1.64. The van der Waals surface area contributed by atoms with Crippen LogP contribution in [0.5, 0.6) is 0 Å². The predicted molar refractivity (Wildman–Crippen MR) is 87.4 cm³/mol. The van der Waals surface area contributed by atoms with Crippen molar-refractivity contribution in [2.75, 3.05) is 13.1 Å². The van der Waals surface area contributed by atoms with E-state index in [1.807, 2.05) is 25.8 Å². The molecule has 1 aliphatic rings. The molecule has 0 unspecified atom stereocenters. The first-order chi connectivity index (χ1) is 10.4. The number of fused-ring (bicyclic) bond motifs is 1. The molecule has 0 saturated carbocycles. The standard InChI is InChI=1S/C18H24N2O2/c1-18(2,3)17(21)22-20-10-8-13(9-11-20)15-12-19-16-7-5-4-6-14(15)16/h4-7,12-13,19H,8-11H2,1-3H3. The van der Waals surface area contributed by atoms with Gasteiger partial charge < -0.3 is 9.82 Å². The summed E-state index contributed by atoms with van der Waals surface area (Å²) in [7, 11) is 0. The molecule has 2 heterocycles. The molecule has 4 nitrogen and oxygen atoms in total. The molecule has 0 bridgehead atoms. The van der Waals surface area contributed by atoms with Crippen LogP contribution in [0.4, 0.5) is 0 Å². The van der Waals surface area contributed by atoms with Gasteiger partial charge in [0.05, 0.1) is 5.41 Å². The molecule has 4 heteroatoms. The van der Waals surface area contributed by atoms with Gasteiger partial charge in [-0.3, -0.25) is 0 Å². The second-order valence-electron chi connectivity index (χ2n) is 7.12. The Kier molecular flexibility index (Phi) is 3.96. The largest absolute Gasteiger partial charge is 0.367 e. The lowest BCUT2D eigenvalue weighted by atomic mass is 9.90. The normalized spacial score (nSPS) is 17.8. The van der Waals surface area contributed by atoms with E-state index in [0.717, 1.165) is 25.9 Å². The van der Waals surface area contributed by atoms with Crippen molar-refractivity contribution in [1.29, 1.82) is 0 Å². The van der Waals surface area contributed by atoms with E-state index < -0.39 is 5.41 Å². The monoisotopic (exact) mass is 300 g/mol. The number of benzene rings is 1. The first-order valence-corrected chi connectivity index (χ1v) is 7.98. The zero-order chi connectivity index (χ0) is 15.7. The zero-order valence-corrected chi connectivity index (χ0v) is 13.6. The van der Waals surface area contributed by atoms with Crippen molar-refractivity contribution >= 4 is 16.9 Å². The van der Waals surface area contributed by atoms with Gasteiger partial charge in [0.15, 0.2) is 0 Å². The lowest BCUT2D eigenvalue weighted by Gasteiger charge is -2.32. The van der Waals surface area contributed by atoms with Gasteiger partial charge in [-0.25, -0.2) is 4.79 Å². The number of aromatic nitrogens is 1. The Bertz CT molecular complexity index is 661. The van der Waals surface area contributed by atoms with Crippen molar-refractivity contribution in [3.8, 4) is 0 Å². The Labute approximate surface area is 131 Å². The van der Waals surface area contributed by atoms with Gasteiger partial charge in [0.25, 0.3) is 0 Å². The molecule has 1 N–H and O–H groups in total. The molecule has 1 saturated heterocycles. The lowest BCUT2D eigenvalue weighted by Crippen LogP contribution is -2.38. The number of nitrogens with one attached hydrogen (secondary N) is 1. The number of rotatable bonds is 2. The number of carbonyl (C=O) groups excluding carboxylic acids is 1. The van der Waals surface area contributed by atoms with Gasteiger partial charge in [0, 0.05) is 30.2 Å². The second-order valence-corrected chi connectivity index (χ2v) is 7.12. The van der Waals surface area contributed by atoms with E-state index in [0.29, 0.717) is 5.92 Å². The van der Waals surface area contributed by atoms with Crippen molar-refractivity contribution in [2.45, 2.75) is 39.5 Å². The van der Waals surface area contributed by atoms with Crippen molar-refractivity contribution in [2.24, 2.45) is 5.41 Å². The van der Waals surface area contributed by atoms with Crippen LogP contribution < -0.4 is 0 Å². The Hall–Kier alpha value is -1.81. The van der Waals surface area contributed by atoms with Crippen molar-refractivity contribution in [3.05, 3.63) is 36.0 Å². The van der Waals surface area contributed by atoms with Crippen LogP contribution in [0.2, 0.25) is 0 Å². The smallest absolute Gasteiger partial charge is 0.330 e. The molecule has 0 atom stereocenters. The van der Waals surface area contributed by atoms with E-state index >= 15 is 0 Å². The minimum Gasteiger partial charge on any atom is -0.367 e. The Morgan fingerprint density at radius 3 is 2.59 bits per heavy atom. The van der Waals surface area contributed by atoms with Crippen molar-refractivity contribution in [1.82, 2.24) is 10.0 Å². The quantitative estimate of drug-likeness (QED) is 0.916. The molecule has 118 valence electrons. The molecule has 0 radical (unpaired) electrons. The van der Waals surface area contributed by atoms with Gasteiger partial charge in [-0.15, -0.1) is 5.06 Å². The van der Waals surface area contributed by atoms with E-state index in [2.05, 4.69) is 35.4 Å². The fourth-order valence-corrected chi connectivity index (χ4v) is 2.94. The van der Waals surface area contributed by atoms with E-state index in [-0.39, 0.29) is 5.97 Å². The van der Waals surface area contributed by atoms with Crippen LogP contribution in [-0.2, 0) is 9.63 Å². The van der Waals surface area contributed by atoms with Crippen LogP contribution in [-0.4, -0.2) is 29.1 Å². The number of piperidine rings is 1. The van der Waals surface area contributed by atoms with E-state index in [4.69, 9.17) is 4.84 Å². The van der Waals surface area contributed by atoms with Gasteiger partial charge in [0.1, 0.15) is 0 Å². The SMILES string of the molecule is CC(C)(C)C(=O)ON1CCC(c2c[nH]c3ccccc23)CC1. The number of hydrogen-bond acceptors (Lipinski definition) is 3. The molecular weight excluding hydrogens is 276 g/mol. The third kappa shape index (κ3) is 3.02. The molecule has 2 aromatic rings. The maximum absolute atomic E-state index is 11.9. The summed E-state index contributed by atoms with van der Waals surface area (Å²) in [5, 5.41) is 3.13. The van der Waals surface area contributed by atoms with Crippen molar-refractivity contribution in [3.63, 3.8) is 0 Å². The number of aromatic amines is 1.